The second-order valence-electron chi connectivity index (χ2n) is 5.82. The van der Waals surface area contributed by atoms with Crippen LogP contribution in [0.5, 0.6) is 0 Å². The number of halogens is 2. The molecular formula is C21H18Cl2N2O. The Labute approximate surface area is 163 Å². The van der Waals surface area contributed by atoms with E-state index in [2.05, 4.69) is 10.6 Å². The average molecular weight is 385 g/mol. The molecule has 0 atom stereocenters. The summed E-state index contributed by atoms with van der Waals surface area (Å²) in [6.07, 6.45) is 0.262. The lowest BCUT2D eigenvalue weighted by molar-refractivity contribution is -0.120. The Kier molecular flexibility index (Phi) is 6.16. The number of carbonyl (C=O) groups is 1. The first-order valence-electron chi connectivity index (χ1n) is 8.23. The third-order valence-corrected chi connectivity index (χ3v) is 4.55. The first-order chi connectivity index (χ1) is 12.6. The number of amides is 1. The first-order valence-corrected chi connectivity index (χ1v) is 8.98. The highest BCUT2D eigenvalue weighted by Gasteiger charge is 2.11. The molecule has 3 aromatic carbocycles. The van der Waals surface area contributed by atoms with E-state index in [0.717, 1.165) is 16.8 Å². The molecule has 132 valence electrons. The molecule has 1 amide bonds. The van der Waals surface area contributed by atoms with E-state index in [1.807, 2.05) is 54.6 Å². The van der Waals surface area contributed by atoms with E-state index in [-0.39, 0.29) is 12.3 Å². The van der Waals surface area contributed by atoms with Crippen LogP contribution in [0.2, 0.25) is 10.0 Å². The van der Waals surface area contributed by atoms with Crippen molar-refractivity contribution in [2.45, 2.75) is 13.0 Å². The topological polar surface area (TPSA) is 41.1 Å². The normalized spacial score (nSPS) is 10.4. The lowest BCUT2D eigenvalue weighted by Gasteiger charge is -2.14. The van der Waals surface area contributed by atoms with E-state index >= 15 is 0 Å². The summed E-state index contributed by atoms with van der Waals surface area (Å²) in [5.41, 5.74) is 3.37. The quantitative estimate of drug-likeness (QED) is 0.580. The molecule has 0 aliphatic heterocycles. The van der Waals surface area contributed by atoms with Crippen LogP contribution in [-0.2, 0) is 17.8 Å². The molecule has 0 spiro atoms. The highest BCUT2D eigenvalue weighted by atomic mass is 35.5. The Morgan fingerprint density at radius 1 is 0.808 bits per heavy atom. The molecule has 0 fully saturated rings. The molecule has 0 unspecified atom stereocenters. The van der Waals surface area contributed by atoms with Gasteiger partial charge < -0.3 is 10.6 Å². The minimum atomic E-state index is -0.0478. The summed E-state index contributed by atoms with van der Waals surface area (Å²) in [5.74, 6) is -0.0478. The zero-order valence-corrected chi connectivity index (χ0v) is 15.5. The molecule has 5 heteroatoms. The first kappa shape index (κ1) is 18.3. The second-order valence-corrected chi connectivity index (χ2v) is 6.63. The van der Waals surface area contributed by atoms with E-state index in [4.69, 9.17) is 23.2 Å². The predicted molar refractivity (Wildman–Crippen MR) is 108 cm³/mol. The van der Waals surface area contributed by atoms with Crippen LogP contribution in [0.25, 0.3) is 0 Å². The molecule has 26 heavy (non-hydrogen) atoms. The maximum atomic E-state index is 12.3. The number of hydrogen-bond acceptors (Lipinski definition) is 2. The van der Waals surface area contributed by atoms with Crippen molar-refractivity contribution in [1.29, 1.82) is 0 Å². The molecule has 0 aliphatic rings. The van der Waals surface area contributed by atoms with Gasteiger partial charge in [0.15, 0.2) is 0 Å². The molecule has 3 nitrogen and oxygen atoms in total. The van der Waals surface area contributed by atoms with Crippen LogP contribution < -0.4 is 10.6 Å². The van der Waals surface area contributed by atoms with Gasteiger partial charge in [-0.15, -0.1) is 0 Å². The van der Waals surface area contributed by atoms with Gasteiger partial charge in [-0.2, -0.15) is 0 Å². The van der Waals surface area contributed by atoms with Crippen molar-refractivity contribution in [1.82, 2.24) is 5.32 Å². The zero-order chi connectivity index (χ0) is 18.4. The lowest BCUT2D eigenvalue weighted by Crippen LogP contribution is -2.24. The standard InChI is InChI=1S/C21H18Cl2N2O/c22-17-10-6-11-18(23)21(17)25-19-12-5-4-9-16(19)13-20(26)24-14-15-7-2-1-3-8-15/h1-12,25H,13-14H2,(H,24,26). The summed E-state index contributed by atoms with van der Waals surface area (Å²) in [7, 11) is 0. The van der Waals surface area contributed by atoms with E-state index in [9.17, 15) is 4.79 Å². The van der Waals surface area contributed by atoms with Crippen molar-refractivity contribution in [3.8, 4) is 0 Å². The molecule has 0 heterocycles. The largest absolute Gasteiger partial charge is 0.353 e. The third kappa shape index (κ3) is 4.78. The van der Waals surface area contributed by atoms with Gasteiger partial charge in [0, 0.05) is 12.2 Å². The van der Waals surface area contributed by atoms with E-state index in [1.165, 1.54) is 0 Å². The summed E-state index contributed by atoms with van der Waals surface area (Å²) < 4.78 is 0. The van der Waals surface area contributed by atoms with Crippen LogP contribution in [0.1, 0.15) is 11.1 Å². The minimum absolute atomic E-state index is 0.0478. The van der Waals surface area contributed by atoms with Crippen LogP contribution in [0.4, 0.5) is 11.4 Å². The Morgan fingerprint density at radius 3 is 2.19 bits per heavy atom. The van der Waals surface area contributed by atoms with Gasteiger partial charge in [0.05, 0.1) is 22.2 Å². The maximum Gasteiger partial charge on any atom is 0.224 e. The molecular weight excluding hydrogens is 367 g/mol. The summed E-state index contributed by atoms with van der Waals surface area (Å²) in [4.78, 5) is 12.3. The molecule has 3 aromatic rings. The van der Waals surface area contributed by atoms with Crippen molar-refractivity contribution >= 4 is 40.5 Å². The second kappa shape index (κ2) is 8.75. The highest BCUT2D eigenvalue weighted by Crippen LogP contribution is 2.33. The van der Waals surface area contributed by atoms with Crippen LogP contribution in [-0.4, -0.2) is 5.91 Å². The van der Waals surface area contributed by atoms with Gasteiger partial charge in [0.1, 0.15) is 0 Å². The summed E-state index contributed by atoms with van der Waals surface area (Å²) in [6, 6.07) is 22.8. The third-order valence-electron chi connectivity index (χ3n) is 3.92. The molecule has 0 saturated carbocycles. The van der Waals surface area contributed by atoms with E-state index < -0.39 is 0 Å². The van der Waals surface area contributed by atoms with Crippen LogP contribution in [0.15, 0.2) is 72.8 Å². The summed E-state index contributed by atoms with van der Waals surface area (Å²) >= 11 is 12.5. The van der Waals surface area contributed by atoms with Crippen molar-refractivity contribution in [3.05, 3.63) is 94.0 Å². The minimum Gasteiger partial charge on any atom is -0.353 e. The van der Waals surface area contributed by atoms with Gasteiger partial charge in [-0.25, -0.2) is 0 Å². The smallest absolute Gasteiger partial charge is 0.224 e. The average Bonchev–Trinajstić information content (AvgIpc) is 2.65. The van der Waals surface area contributed by atoms with Crippen LogP contribution >= 0.6 is 23.2 Å². The molecule has 2 N–H and O–H groups in total. The van der Waals surface area contributed by atoms with Crippen molar-refractivity contribution in [2.75, 3.05) is 5.32 Å². The molecule has 0 aromatic heterocycles. The Hall–Kier alpha value is -2.49. The number of nitrogens with one attached hydrogen (secondary N) is 2. The Morgan fingerprint density at radius 2 is 1.46 bits per heavy atom. The molecule has 0 radical (unpaired) electrons. The Balaban J connectivity index is 1.70. The van der Waals surface area contributed by atoms with Crippen LogP contribution in [0.3, 0.4) is 0 Å². The predicted octanol–water partition coefficient (Wildman–Crippen LogP) is 5.60. The number of anilines is 2. The molecule has 3 rings (SSSR count). The van der Waals surface area contributed by atoms with Crippen LogP contribution in [0, 0.1) is 0 Å². The van der Waals surface area contributed by atoms with Gasteiger partial charge in [0.25, 0.3) is 0 Å². The monoisotopic (exact) mass is 384 g/mol. The lowest BCUT2D eigenvalue weighted by atomic mass is 10.1. The molecule has 0 bridgehead atoms. The van der Waals surface area contributed by atoms with E-state index in [0.29, 0.717) is 22.3 Å². The number of benzene rings is 3. The SMILES string of the molecule is O=C(Cc1ccccc1Nc1c(Cl)cccc1Cl)NCc1ccccc1. The molecule has 0 aliphatic carbocycles. The van der Waals surface area contributed by atoms with Crippen molar-refractivity contribution in [3.63, 3.8) is 0 Å². The van der Waals surface area contributed by atoms with Gasteiger partial charge >= 0.3 is 0 Å². The van der Waals surface area contributed by atoms with Gasteiger partial charge in [-0.05, 0) is 29.3 Å². The highest BCUT2D eigenvalue weighted by molar-refractivity contribution is 6.39. The number of hydrogen-bond donors (Lipinski definition) is 2. The van der Waals surface area contributed by atoms with Gasteiger partial charge in [-0.3, -0.25) is 4.79 Å². The summed E-state index contributed by atoms with van der Waals surface area (Å²) in [6.45, 7) is 0.506. The zero-order valence-electron chi connectivity index (χ0n) is 14.0. The van der Waals surface area contributed by atoms with Crippen molar-refractivity contribution < 1.29 is 4.79 Å². The van der Waals surface area contributed by atoms with Gasteiger partial charge in [-0.1, -0.05) is 77.8 Å². The maximum absolute atomic E-state index is 12.3. The fraction of sp³-hybridized carbons (Fsp3) is 0.0952. The number of para-hydroxylation sites is 2. The fourth-order valence-corrected chi connectivity index (χ4v) is 3.07. The number of rotatable bonds is 6. The van der Waals surface area contributed by atoms with E-state index in [1.54, 1.807) is 18.2 Å². The van der Waals surface area contributed by atoms with Gasteiger partial charge in [0.2, 0.25) is 5.91 Å². The van der Waals surface area contributed by atoms with Crippen molar-refractivity contribution in [2.24, 2.45) is 0 Å². The summed E-state index contributed by atoms with van der Waals surface area (Å²) in [5, 5.41) is 7.24. The molecule has 0 saturated heterocycles. The Bertz CT molecular complexity index is 877. The fourth-order valence-electron chi connectivity index (χ4n) is 2.58. The number of carbonyl (C=O) groups excluding carboxylic acids is 1.